The maximum Gasteiger partial charge on any atom is 0.112 e. The maximum atomic E-state index is 5.89. The zero-order chi connectivity index (χ0) is 14.8. The summed E-state index contributed by atoms with van der Waals surface area (Å²) in [6.07, 6.45) is 3.92. The second-order valence-corrected chi connectivity index (χ2v) is 6.43. The molecule has 1 aromatic heterocycles. The monoisotopic (exact) mass is 286 g/mol. The van der Waals surface area contributed by atoms with Gasteiger partial charge in [-0.05, 0) is 57.1 Å². The van der Waals surface area contributed by atoms with Crippen LogP contribution in [0.5, 0.6) is 0 Å². The highest BCUT2D eigenvalue weighted by Crippen LogP contribution is 2.24. The van der Waals surface area contributed by atoms with Crippen molar-refractivity contribution in [1.82, 2.24) is 14.5 Å². The molecule has 2 N–H and O–H groups in total. The Labute approximate surface area is 126 Å². The van der Waals surface area contributed by atoms with Gasteiger partial charge in [-0.3, -0.25) is 0 Å². The molecule has 2 heterocycles. The second kappa shape index (κ2) is 6.06. The molecule has 0 bridgehead atoms. The predicted molar refractivity (Wildman–Crippen MR) is 88.5 cm³/mol. The van der Waals surface area contributed by atoms with E-state index in [-0.39, 0.29) is 0 Å². The molecule has 0 unspecified atom stereocenters. The molecule has 2 aromatic rings. The van der Waals surface area contributed by atoms with Gasteiger partial charge < -0.3 is 15.2 Å². The van der Waals surface area contributed by atoms with Crippen LogP contribution in [0.25, 0.3) is 11.0 Å². The van der Waals surface area contributed by atoms with E-state index in [0.717, 1.165) is 17.7 Å². The molecule has 0 radical (unpaired) electrons. The van der Waals surface area contributed by atoms with Crippen LogP contribution in [0.4, 0.5) is 5.69 Å². The Kier molecular flexibility index (Phi) is 4.15. The molecule has 0 atom stereocenters. The zero-order valence-electron chi connectivity index (χ0n) is 13.2. The third kappa shape index (κ3) is 3.05. The molecule has 21 heavy (non-hydrogen) atoms. The summed E-state index contributed by atoms with van der Waals surface area (Å²) in [6, 6.07) is 6.07. The molecule has 0 spiro atoms. The molecule has 1 aliphatic heterocycles. The standard InChI is InChI=1S/C17H26N4/c1-13(2)17-19-15-12-14(18)6-7-16(15)21(17)11-5-10-20-8-3-4-9-20/h6-7,12-13H,3-5,8-11,18H2,1-2H3. The number of rotatable bonds is 5. The molecule has 4 heteroatoms. The lowest BCUT2D eigenvalue weighted by atomic mass is 10.2. The fraction of sp³-hybridized carbons (Fsp3) is 0.588. The number of nitrogen functional groups attached to an aromatic ring is 1. The summed E-state index contributed by atoms with van der Waals surface area (Å²) in [5.41, 5.74) is 8.92. The average molecular weight is 286 g/mol. The number of nitrogens with zero attached hydrogens (tertiary/aromatic N) is 3. The van der Waals surface area contributed by atoms with Crippen molar-refractivity contribution < 1.29 is 0 Å². The van der Waals surface area contributed by atoms with Gasteiger partial charge in [-0.2, -0.15) is 0 Å². The normalized spacial score (nSPS) is 16.3. The van der Waals surface area contributed by atoms with Crippen LogP contribution in [-0.2, 0) is 6.54 Å². The summed E-state index contributed by atoms with van der Waals surface area (Å²) in [6.45, 7) is 9.22. The van der Waals surface area contributed by atoms with Crippen molar-refractivity contribution in [1.29, 1.82) is 0 Å². The van der Waals surface area contributed by atoms with Crippen LogP contribution >= 0.6 is 0 Å². The largest absolute Gasteiger partial charge is 0.399 e. The zero-order valence-corrected chi connectivity index (χ0v) is 13.2. The Hall–Kier alpha value is -1.55. The van der Waals surface area contributed by atoms with Gasteiger partial charge in [0.25, 0.3) is 0 Å². The van der Waals surface area contributed by atoms with Crippen molar-refractivity contribution in [3.63, 3.8) is 0 Å². The summed E-state index contributed by atoms with van der Waals surface area (Å²) in [5.74, 6) is 1.61. The Balaban J connectivity index is 1.79. The van der Waals surface area contributed by atoms with Gasteiger partial charge in [0.05, 0.1) is 11.0 Å². The van der Waals surface area contributed by atoms with Crippen LogP contribution < -0.4 is 5.73 Å². The molecular weight excluding hydrogens is 260 g/mol. The van der Waals surface area contributed by atoms with E-state index < -0.39 is 0 Å². The van der Waals surface area contributed by atoms with Crippen LogP contribution in [0.15, 0.2) is 18.2 Å². The lowest BCUT2D eigenvalue weighted by Crippen LogP contribution is -2.21. The van der Waals surface area contributed by atoms with Crippen molar-refractivity contribution in [2.75, 3.05) is 25.4 Å². The van der Waals surface area contributed by atoms with Gasteiger partial charge in [0, 0.05) is 18.2 Å². The van der Waals surface area contributed by atoms with Crippen molar-refractivity contribution in [3.05, 3.63) is 24.0 Å². The minimum atomic E-state index is 0.436. The van der Waals surface area contributed by atoms with Crippen molar-refractivity contribution >= 4 is 16.7 Å². The van der Waals surface area contributed by atoms with E-state index in [4.69, 9.17) is 10.7 Å². The molecule has 1 saturated heterocycles. The molecule has 0 amide bonds. The summed E-state index contributed by atoms with van der Waals surface area (Å²) >= 11 is 0. The number of benzene rings is 1. The number of hydrogen-bond donors (Lipinski definition) is 1. The number of aryl methyl sites for hydroxylation is 1. The lowest BCUT2D eigenvalue weighted by Gasteiger charge is -2.16. The van der Waals surface area contributed by atoms with E-state index in [9.17, 15) is 0 Å². The molecule has 0 saturated carbocycles. The summed E-state index contributed by atoms with van der Waals surface area (Å²) < 4.78 is 2.38. The van der Waals surface area contributed by atoms with E-state index in [1.165, 1.54) is 50.2 Å². The van der Waals surface area contributed by atoms with Gasteiger partial charge in [-0.1, -0.05) is 13.8 Å². The van der Waals surface area contributed by atoms with Crippen molar-refractivity contribution in [2.45, 2.75) is 45.6 Å². The van der Waals surface area contributed by atoms with E-state index in [2.05, 4.69) is 29.4 Å². The number of fused-ring (bicyclic) bond motifs is 1. The topological polar surface area (TPSA) is 47.1 Å². The van der Waals surface area contributed by atoms with Crippen LogP contribution in [0, 0.1) is 0 Å². The molecular formula is C17H26N4. The smallest absolute Gasteiger partial charge is 0.112 e. The van der Waals surface area contributed by atoms with E-state index in [1.54, 1.807) is 0 Å². The maximum absolute atomic E-state index is 5.89. The van der Waals surface area contributed by atoms with Gasteiger partial charge >= 0.3 is 0 Å². The SMILES string of the molecule is CC(C)c1nc2cc(N)ccc2n1CCCN1CCCC1. The number of anilines is 1. The Morgan fingerprint density at radius 3 is 2.67 bits per heavy atom. The minimum absolute atomic E-state index is 0.436. The van der Waals surface area contributed by atoms with E-state index in [1.807, 2.05) is 12.1 Å². The first-order valence-corrected chi connectivity index (χ1v) is 8.13. The van der Waals surface area contributed by atoms with Gasteiger partial charge in [0.15, 0.2) is 0 Å². The number of likely N-dealkylation sites (tertiary alicyclic amines) is 1. The third-order valence-electron chi connectivity index (χ3n) is 4.37. The first kappa shape index (κ1) is 14.4. The fourth-order valence-electron chi connectivity index (χ4n) is 3.30. The number of aromatic nitrogens is 2. The third-order valence-corrected chi connectivity index (χ3v) is 4.37. The van der Waals surface area contributed by atoms with Gasteiger partial charge in [0.2, 0.25) is 0 Å². The van der Waals surface area contributed by atoms with Crippen LogP contribution in [0.3, 0.4) is 0 Å². The molecule has 1 aliphatic rings. The van der Waals surface area contributed by atoms with Gasteiger partial charge in [-0.25, -0.2) is 4.98 Å². The second-order valence-electron chi connectivity index (χ2n) is 6.43. The summed E-state index contributed by atoms with van der Waals surface area (Å²) in [4.78, 5) is 7.37. The average Bonchev–Trinajstić information content (AvgIpc) is 3.06. The number of nitrogens with two attached hydrogens (primary N) is 1. The highest BCUT2D eigenvalue weighted by Gasteiger charge is 2.15. The summed E-state index contributed by atoms with van der Waals surface area (Å²) in [7, 11) is 0. The van der Waals surface area contributed by atoms with Crippen LogP contribution in [-0.4, -0.2) is 34.1 Å². The first-order valence-electron chi connectivity index (χ1n) is 8.13. The Morgan fingerprint density at radius 1 is 1.19 bits per heavy atom. The molecule has 3 rings (SSSR count). The van der Waals surface area contributed by atoms with Crippen LogP contribution in [0.2, 0.25) is 0 Å². The molecule has 114 valence electrons. The highest BCUT2D eigenvalue weighted by atomic mass is 15.1. The molecule has 0 aliphatic carbocycles. The molecule has 4 nitrogen and oxygen atoms in total. The predicted octanol–water partition coefficient (Wildman–Crippen LogP) is 3.23. The number of hydrogen-bond acceptors (Lipinski definition) is 3. The summed E-state index contributed by atoms with van der Waals surface area (Å²) in [5, 5.41) is 0. The first-order chi connectivity index (χ1) is 10.1. The number of imidazole rings is 1. The quantitative estimate of drug-likeness (QED) is 0.858. The van der Waals surface area contributed by atoms with Gasteiger partial charge in [0.1, 0.15) is 5.82 Å². The highest BCUT2D eigenvalue weighted by molar-refractivity contribution is 5.79. The Bertz CT molecular complexity index is 609. The van der Waals surface area contributed by atoms with Crippen molar-refractivity contribution in [3.8, 4) is 0 Å². The van der Waals surface area contributed by atoms with E-state index in [0.29, 0.717) is 5.92 Å². The van der Waals surface area contributed by atoms with E-state index >= 15 is 0 Å². The fourth-order valence-corrected chi connectivity index (χ4v) is 3.30. The minimum Gasteiger partial charge on any atom is -0.399 e. The molecule has 1 aromatic carbocycles. The van der Waals surface area contributed by atoms with Crippen molar-refractivity contribution in [2.24, 2.45) is 0 Å². The lowest BCUT2D eigenvalue weighted by molar-refractivity contribution is 0.325. The van der Waals surface area contributed by atoms with Crippen LogP contribution in [0.1, 0.15) is 44.9 Å². The molecule has 1 fully saturated rings. The van der Waals surface area contributed by atoms with Gasteiger partial charge in [-0.15, -0.1) is 0 Å². The Morgan fingerprint density at radius 2 is 1.95 bits per heavy atom.